The summed E-state index contributed by atoms with van der Waals surface area (Å²) in [5.74, 6) is 0.792. The number of nitrogens with one attached hydrogen (secondary N) is 1. The monoisotopic (exact) mass is 114 g/mol. The first-order chi connectivity index (χ1) is 3.84. The Bertz CT molecular complexity index is 68.9. The predicted molar refractivity (Wildman–Crippen MR) is 34.6 cm³/mol. The van der Waals surface area contributed by atoms with E-state index in [1.807, 2.05) is 0 Å². The molecule has 0 bridgehead atoms. The fraction of sp³-hybridized carbons (Fsp3) is 1.00. The van der Waals surface area contributed by atoms with E-state index in [0.717, 1.165) is 24.9 Å². The van der Waals surface area contributed by atoms with Gasteiger partial charge in [-0.2, -0.15) is 0 Å². The van der Waals surface area contributed by atoms with E-state index in [1.54, 1.807) is 0 Å². The molecule has 1 aliphatic heterocycles. The third kappa shape index (κ3) is 1.46. The first-order valence-electron chi connectivity index (χ1n) is 3.28. The molecule has 1 aliphatic rings. The van der Waals surface area contributed by atoms with Crippen molar-refractivity contribution in [1.82, 2.24) is 5.32 Å². The molecule has 3 N–H and O–H groups in total. The second-order valence-electron chi connectivity index (χ2n) is 2.57. The standard InChI is InChI=1S/C6H14N2/c1-5(2-3-7)6-4-8-6/h5-6,8H,2-4,7H2,1H3. The Balaban J connectivity index is 2.03. The molecular formula is C6H14N2. The second-order valence-corrected chi connectivity index (χ2v) is 2.57. The van der Waals surface area contributed by atoms with Crippen LogP contribution in [0, 0.1) is 5.92 Å². The molecule has 0 aromatic heterocycles. The minimum atomic E-state index is 0.790. The van der Waals surface area contributed by atoms with Crippen LogP contribution in [0.5, 0.6) is 0 Å². The van der Waals surface area contributed by atoms with Gasteiger partial charge in [-0.25, -0.2) is 0 Å². The van der Waals surface area contributed by atoms with E-state index >= 15 is 0 Å². The van der Waals surface area contributed by atoms with Crippen molar-refractivity contribution in [3.05, 3.63) is 0 Å². The highest BCUT2D eigenvalue weighted by atomic mass is 15.1. The van der Waals surface area contributed by atoms with Gasteiger partial charge in [0, 0.05) is 12.6 Å². The van der Waals surface area contributed by atoms with Gasteiger partial charge in [-0.05, 0) is 18.9 Å². The van der Waals surface area contributed by atoms with Crippen LogP contribution in [-0.2, 0) is 0 Å². The van der Waals surface area contributed by atoms with Gasteiger partial charge < -0.3 is 11.1 Å². The van der Waals surface area contributed by atoms with E-state index in [4.69, 9.17) is 5.73 Å². The predicted octanol–water partition coefficient (Wildman–Crippen LogP) is -0.0569. The van der Waals surface area contributed by atoms with E-state index in [0.29, 0.717) is 0 Å². The van der Waals surface area contributed by atoms with Crippen LogP contribution in [0.3, 0.4) is 0 Å². The van der Waals surface area contributed by atoms with Gasteiger partial charge in [0.05, 0.1) is 0 Å². The van der Waals surface area contributed by atoms with Gasteiger partial charge >= 0.3 is 0 Å². The summed E-state index contributed by atoms with van der Waals surface area (Å²) in [5, 5.41) is 3.26. The smallest absolute Gasteiger partial charge is 0.0219 e. The third-order valence-electron chi connectivity index (χ3n) is 1.75. The van der Waals surface area contributed by atoms with Gasteiger partial charge in [0.1, 0.15) is 0 Å². The lowest BCUT2D eigenvalue weighted by atomic mass is 10.1. The summed E-state index contributed by atoms with van der Waals surface area (Å²) < 4.78 is 0. The summed E-state index contributed by atoms with van der Waals surface area (Å²) >= 11 is 0. The van der Waals surface area contributed by atoms with Gasteiger partial charge in [0.15, 0.2) is 0 Å². The van der Waals surface area contributed by atoms with Crippen molar-refractivity contribution >= 4 is 0 Å². The summed E-state index contributed by atoms with van der Waals surface area (Å²) in [5.41, 5.74) is 5.37. The van der Waals surface area contributed by atoms with Crippen molar-refractivity contribution in [3.8, 4) is 0 Å². The van der Waals surface area contributed by atoms with Crippen LogP contribution >= 0.6 is 0 Å². The lowest BCUT2D eigenvalue weighted by molar-refractivity contribution is 0.529. The van der Waals surface area contributed by atoms with Crippen LogP contribution in [-0.4, -0.2) is 19.1 Å². The number of hydrogen-bond acceptors (Lipinski definition) is 2. The molecular weight excluding hydrogens is 100 g/mol. The maximum Gasteiger partial charge on any atom is 0.0219 e. The molecule has 48 valence electrons. The van der Waals surface area contributed by atoms with Crippen molar-refractivity contribution in [1.29, 1.82) is 0 Å². The fourth-order valence-corrected chi connectivity index (χ4v) is 0.934. The van der Waals surface area contributed by atoms with Crippen LogP contribution < -0.4 is 11.1 Å². The third-order valence-corrected chi connectivity index (χ3v) is 1.75. The minimum absolute atomic E-state index is 0.790. The Morgan fingerprint density at radius 1 is 1.88 bits per heavy atom. The van der Waals surface area contributed by atoms with Crippen molar-refractivity contribution in [2.24, 2.45) is 11.7 Å². The van der Waals surface area contributed by atoms with E-state index in [-0.39, 0.29) is 0 Å². The van der Waals surface area contributed by atoms with Gasteiger partial charge in [-0.3, -0.25) is 0 Å². The SMILES string of the molecule is CC(CCN)C1CN1. The molecule has 8 heavy (non-hydrogen) atoms. The second kappa shape index (κ2) is 2.46. The average molecular weight is 114 g/mol. The van der Waals surface area contributed by atoms with Crippen LogP contribution in [0.2, 0.25) is 0 Å². The molecule has 1 heterocycles. The quantitative estimate of drug-likeness (QED) is 0.505. The largest absolute Gasteiger partial charge is 0.330 e. The van der Waals surface area contributed by atoms with Crippen molar-refractivity contribution in [2.75, 3.05) is 13.1 Å². The molecule has 0 aromatic carbocycles. The van der Waals surface area contributed by atoms with E-state index in [9.17, 15) is 0 Å². The lowest BCUT2D eigenvalue weighted by Gasteiger charge is -2.03. The molecule has 0 amide bonds. The molecule has 2 nitrogen and oxygen atoms in total. The van der Waals surface area contributed by atoms with Crippen LogP contribution in [0.4, 0.5) is 0 Å². The Labute approximate surface area is 50.4 Å². The number of rotatable bonds is 3. The molecule has 0 spiro atoms. The molecule has 2 atom stereocenters. The van der Waals surface area contributed by atoms with Gasteiger partial charge in [-0.15, -0.1) is 0 Å². The summed E-state index contributed by atoms with van der Waals surface area (Å²) in [4.78, 5) is 0. The Hall–Kier alpha value is -0.0800. The van der Waals surface area contributed by atoms with Crippen LogP contribution in [0.1, 0.15) is 13.3 Å². The average Bonchev–Trinajstić information content (AvgIpc) is 2.45. The zero-order valence-corrected chi connectivity index (χ0v) is 5.35. The van der Waals surface area contributed by atoms with Crippen LogP contribution in [0.15, 0.2) is 0 Å². The summed E-state index contributed by atoms with van der Waals surface area (Å²) in [6.45, 7) is 4.29. The van der Waals surface area contributed by atoms with E-state index in [1.165, 1.54) is 6.54 Å². The molecule has 1 saturated heterocycles. The molecule has 2 unspecified atom stereocenters. The Morgan fingerprint density at radius 3 is 2.88 bits per heavy atom. The Morgan fingerprint density at radius 2 is 2.50 bits per heavy atom. The van der Waals surface area contributed by atoms with Gasteiger partial charge in [0.25, 0.3) is 0 Å². The maximum atomic E-state index is 5.37. The zero-order valence-electron chi connectivity index (χ0n) is 5.35. The lowest BCUT2D eigenvalue weighted by Crippen LogP contribution is -2.12. The van der Waals surface area contributed by atoms with E-state index in [2.05, 4.69) is 12.2 Å². The fourth-order valence-electron chi connectivity index (χ4n) is 0.934. The molecule has 0 radical (unpaired) electrons. The molecule has 0 saturated carbocycles. The Kier molecular flexibility index (Phi) is 1.86. The first kappa shape index (κ1) is 6.05. The van der Waals surface area contributed by atoms with Crippen molar-refractivity contribution in [3.63, 3.8) is 0 Å². The molecule has 1 fully saturated rings. The summed E-state index contributed by atoms with van der Waals surface area (Å²) in [7, 11) is 0. The number of hydrogen-bond donors (Lipinski definition) is 2. The normalized spacial score (nSPS) is 30.0. The van der Waals surface area contributed by atoms with Gasteiger partial charge in [-0.1, -0.05) is 6.92 Å². The molecule has 0 aliphatic carbocycles. The topological polar surface area (TPSA) is 48.0 Å². The molecule has 0 aromatic rings. The van der Waals surface area contributed by atoms with Gasteiger partial charge in [0.2, 0.25) is 0 Å². The molecule has 2 heteroatoms. The highest BCUT2D eigenvalue weighted by molar-refractivity contribution is 4.87. The highest BCUT2D eigenvalue weighted by Gasteiger charge is 2.25. The summed E-state index contributed by atoms with van der Waals surface area (Å²) in [6.07, 6.45) is 1.16. The first-order valence-corrected chi connectivity index (χ1v) is 3.28. The van der Waals surface area contributed by atoms with Crippen molar-refractivity contribution < 1.29 is 0 Å². The highest BCUT2D eigenvalue weighted by Crippen LogP contribution is 2.13. The zero-order chi connectivity index (χ0) is 5.98. The van der Waals surface area contributed by atoms with Crippen LogP contribution in [0.25, 0.3) is 0 Å². The van der Waals surface area contributed by atoms with Crippen molar-refractivity contribution in [2.45, 2.75) is 19.4 Å². The molecule has 1 rings (SSSR count). The summed E-state index contributed by atoms with van der Waals surface area (Å²) in [6, 6.07) is 0.790. The maximum absolute atomic E-state index is 5.37. The van der Waals surface area contributed by atoms with E-state index < -0.39 is 0 Å². The minimum Gasteiger partial charge on any atom is -0.330 e. The number of nitrogens with two attached hydrogens (primary N) is 1.